The lowest BCUT2D eigenvalue weighted by Crippen LogP contribution is -2.34. The summed E-state index contributed by atoms with van der Waals surface area (Å²) in [5.41, 5.74) is 0. The van der Waals surface area contributed by atoms with Crippen LogP contribution in [0.2, 0.25) is 0 Å². The van der Waals surface area contributed by atoms with Gasteiger partial charge in [0.1, 0.15) is 0 Å². The van der Waals surface area contributed by atoms with E-state index in [-0.39, 0.29) is 12.5 Å². The first kappa shape index (κ1) is 12.1. The molecule has 0 aliphatic heterocycles. The van der Waals surface area contributed by atoms with Crippen LogP contribution in [0.3, 0.4) is 0 Å². The van der Waals surface area contributed by atoms with Gasteiger partial charge < -0.3 is 15.7 Å². The third-order valence-electron chi connectivity index (χ3n) is 1.48. The Labute approximate surface area is 79.0 Å². The van der Waals surface area contributed by atoms with E-state index in [1.54, 1.807) is 6.08 Å². The molecule has 0 aliphatic rings. The second kappa shape index (κ2) is 9.22. The summed E-state index contributed by atoms with van der Waals surface area (Å²) < 4.78 is 0. The number of nitrogens with one attached hydrogen (secondary N) is 2. The summed E-state index contributed by atoms with van der Waals surface area (Å²) in [7, 11) is 0. The van der Waals surface area contributed by atoms with Crippen molar-refractivity contribution in [1.82, 2.24) is 10.6 Å². The zero-order valence-electron chi connectivity index (χ0n) is 7.88. The number of aliphatic hydroxyl groups is 1. The number of carbonyl (C=O) groups excluding carboxylic acids is 1. The Kier molecular flexibility index (Phi) is 8.60. The van der Waals surface area contributed by atoms with Crippen LogP contribution in [-0.4, -0.2) is 37.3 Å². The molecule has 0 rings (SSSR count). The second-order valence-electron chi connectivity index (χ2n) is 2.70. The van der Waals surface area contributed by atoms with Crippen LogP contribution in [0.15, 0.2) is 12.7 Å². The molecule has 1 amide bonds. The number of hydrogen-bond donors (Lipinski definition) is 3. The molecule has 0 fully saturated rings. The molecule has 0 spiro atoms. The van der Waals surface area contributed by atoms with Gasteiger partial charge in [0.05, 0.1) is 6.54 Å². The summed E-state index contributed by atoms with van der Waals surface area (Å²) >= 11 is 0. The average Bonchev–Trinajstić information content (AvgIpc) is 2.13. The first-order valence-electron chi connectivity index (χ1n) is 4.50. The summed E-state index contributed by atoms with van der Waals surface area (Å²) in [6, 6.07) is 0. The van der Waals surface area contributed by atoms with Gasteiger partial charge in [-0.1, -0.05) is 6.08 Å². The number of rotatable bonds is 8. The van der Waals surface area contributed by atoms with E-state index < -0.39 is 0 Å². The van der Waals surface area contributed by atoms with Gasteiger partial charge in [0.2, 0.25) is 5.91 Å². The highest BCUT2D eigenvalue weighted by Gasteiger charge is 1.97. The maximum Gasteiger partial charge on any atom is 0.233 e. The fraction of sp³-hybridized carbons (Fsp3) is 0.667. The molecule has 4 heteroatoms. The van der Waals surface area contributed by atoms with Crippen LogP contribution in [0.25, 0.3) is 0 Å². The van der Waals surface area contributed by atoms with Crippen molar-refractivity contribution in [2.75, 3.05) is 26.2 Å². The molecular formula is C9H18N2O2. The van der Waals surface area contributed by atoms with E-state index in [9.17, 15) is 4.79 Å². The SMILES string of the molecule is C=CCNCC(=O)NCCCCO. The summed E-state index contributed by atoms with van der Waals surface area (Å²) in [6.07, 6.45) is 3.27. The van der Waals surface area contributed by atoms with Gasteiger partial charge in [0.15, 0.2) is 0 Å². The van der Waals surface area contributed by atoms with Gasteiger partial charge in [-0.05, 0) is 12.8 Å². The predicted molar refractivity (Wildman–Crippen MR) is 52.4 cm³/mol. The molecular weight excluding hydrogens is 168 g/mol. The number of carbonyl (C=O) groups is 1. The topological polar surface area (TPSA) is 61.4 Å². The monoisotopic (exact) mass is 186 g/mol. The van der Waals surface area contributed by atoms with Crippen LogP contribution in [0.5, 0.6) is 0 Å². The highest BCUT2D eigenvalue weighted by molar-refractivity contribution is 5.77. The highest BCUT2D eigenvalue weighted by atomic mass is 16.2. The van der Waals surface area contributed by atoms with Crippen molar-refractivity contribution in [3.05, 3.63) is 12.7 Å². The van der Waals surface area contributed by atoms with E-state index in [1.165, 1.54) is 0 Å². The molecule has 4 nitrogen and oxygen atoms in total. The van der Waals surface area contributed by atoms with Crippen LogP contribution in [0, 0.1) is 0 Å². The van der Waals surface area contributed by atoms with Gasteiger partial charge in [-0.15, -0.1) is 6.58 Å². The molecule has 0 radical (unpaired) electrons. The molecule has 13 heavy (non-hydrogen) atoms. The van der Waals surface area contributed by atoms with Crippen molar-refractivity contribution in [2.24, 2.45) is 0 Å². The maximum absolute atomic E-state index is 11.0. The normalized spacial score (nSPS) is 9.62. The minimum absolute atomic E-state index is 0.0141. The van der Waals surface area contributed by atoms with Gasteiger partial charge in [-0.3, -0.25) is 4.79 Å². The van der Waals surface area contributed by atoms with Crippen LogP contribution >= 0.6 is 0 Å². The van der Waals surface area contributed by atoms with E-state index in [4.69, 9.17) is 5.11 Å². The predicted octanol–water partition coefficient (Wildman–Crippen LogP) is -0.349. The Morgan fingerprint density at radius 1 is 1.46 bits per heavy atom. The third-order valence-corrected chi connectivity index (χ3v) is 1.48. The summed E-state index contributed by atoms with van der Waals surface area (Å²) in [4.78, 5) is 11.0. The molecule has 76 valence electrons. The molecule has 0 saturated carbocycles. The number of amides is 1. The van der Waals surface area contributed by atoms with Crippen molar-refractivity contribution in [2.45, 2.75) is 12.8 Å². The first-order valence-corrected chi connectivity index (χ1v) is 4.50. The van der Waals surface area contributed by atoms with Gasteiger partial charge in [-0.2, -0.15) is 0 Å². The summed E-state index contributed by atoms with van der Waals surface area (Å²) in [5.74, 6) is -0.0141. The van der Waals surface area contributed by atoms with Crippen LogP contribution in [-0.2, 0) is 4.79 Å². The lowest BCUT2D eigenvalue weighted by atomic mass is 10.3. The molecule has 0 aromatic carbocycles. The number of hydrogen-bond acceptors (Lipinski definition) is 3. The zero-order valence-corrected chi connectivity index (χ0v) is 7.88. The van der Waals surface area contributed by atoms with Crippen LogP contribution < -0.4 is 10.6 Å². The van der Waals surface area contributed by atoms with Gasteiger partial charge >= 0.3 is 0 Å². The molecule has 3 N–H and O–H groups in total. The molecule has 0 heterocycles. The van der Waals surface area contributed by atoms with Crippen molar-refractivity contribution in [1.29, 1.82) is 0 Å². The summed E-state index contributed by atoms with van der Waals surface area (Å²) in [6.45, 7) is 5.31. The van der Waals surface area contributed by atoms with E-state index in [2.05, 4.69) is 17.2 Å². The Balaban J connectivity index is 3.15. The van der Waals surface area contributed by atoms with E-state index in [0.717, 1.165) is 12.8 Å². The van der Waals surface area contributed by atoms with Crippen molar-refractivity contribution in [3.63, 3.8) is 0 Å². The highest BCUT2D eigenvalue weighted by Crippen LogP contribution is 1.82. The van der Waals surface area contributed by atoms with E-state index in [0.29, 0.717) is 19.6 Å². The number of unbranched alkanes of at least 4 members (excludes halogenated alkanes) is 1. The third kappa shape index (κ3) is 9.04. The molecule has 0 aromatic rings. The van der Waals surface area contributed by atoms with E-state index >= 15 is 0 Å². The largest absolute Gasteiger partial charge is 0.396 e. The zero-order chi connectivity index (χ0) is 9.94. The molecule has 0 unspecified atom stereocenters. The molecule has 0 aromatic heterocycles. The Bertz CT molecular complexity index is 149. The second-order valence-corrected chi connectivity index (χ2v) is 2.70. The van der Waals surface area contributed by atoms with Gasteiger partial charge in [-0.25, -0.2) is 0 Å². The smallest absolute Gasteiger partial charge is 0.233 e. The molecule has 0 saturated heterocycles. The minimum atomic E-state index is -0.0141. The lowest BCUT2D eigenvalue weighted by Gasteiger charge is -2.04. The van der Waals surface area contributed by atoms with Gasteiger partial charge in [0, 0.05) is 19.7 Å². The van der Waals surface area contributed by atoms with E-state index in [1.807, 2.05) is 0 Å². The van der Waals surface area contributed by atoms with Crippen molar-refractivity contribution in [3.8, 4) is 0 Å². The average molecular weight is 186 g/mol. The quantitative estimate of drug-likeness (QED) is 0.359. The van der Waals surface area contributed by atoms with Crippen molar-refractivity contribution >= 4 is 5.91 Å². The fourth-order valence-corrected chi connectivity index (χ4v) is 0.815. The fourth-order valence-electron chi connectivity index (χ4n) is 0.815. The number of aliphatic hydroxyl groups excluding tert-OH is 1. The van der Waals surface area contributed by atoms with Crippen LogP contribution in [0.1, 0.15) is 12.8 Å². The lowest BCUT2D eigenvalue weighted by molar-refractivity contribution is -0.120. The Hall–Kier alpha value is -0.870. The molecule has 0 bridgehead atoms. The summed E-state index contributed by atoms with van der Waals surface area (Å²) in [5, 5.41) is 14.1. The maximum atomic E-state index is 11.0. The Morgan fingerprint density at radius 2 is 2.23 bits per heavy atom. The van der Waals surface area contributed by atoms with Crippen molar-refractivity contribution < 1.29 is 9.90 Å². The molecule has 0 atom stereocenters. The Morgan fingerprint density at radius 3 is 2.85 bits per heavy atom. The van der Waals surface area contributed by atoms with Gasteiger partial charge in [0.25, 0.3) is 0 Å². The standard InChI is InChI=1S/C9H18N2O2/c1-2-5-10-8-9(13)11-6-3-4-7-12/h2,10,12H,1,3-8H2,(H,11,13). The minimum Gasteiger partial charge on any atom is -0.396 e. The molecule has 0 aliphatic carbocycles. The van der Waals surface area contributed by atoms with Crippen LogP contribution in [0.4, 0.5) is 0 Å². The first-order chi connectivity index (χ1) is 6.31.